The molecule has 0 radical (unpaired) electrons. The lowest BCUT2D eigenvalue weighted by molar-refractivity contribution is -0.120. The number of hydrogen-bond acceptors (Lipinski definition) is 3. The van der Waals surface area contributed by atoms with Crippen LogP contribution in [0.4, 0.5) is 21.9 Å². The SMILES string of the molecule is O=C1CN(c2ccccc2NC(=O)Nc2ccc(Cl)cc2)CCN1. The number of anilines is 3. The topological polar surface area (TPSA) is 73.5 Å². The molecule has 0 aliphatic carbocycles. The lowest BCUT2D eigenvalue weighted by Gasteiger charge is -2.30. The molecule has 6 nitrogen and oxygen atoms in total. The molecule has 1 aliphatic heterocycles. The Bertz CT molecular complexity index is 749. The lowest BCUT2D eigenvalue weighted by atomic mass is 10.2. The minimum Gasteiger partial charge on any atom is -0.359 e. The maximum absolute atomic E-state index is 12.2. The third kappa shape index (κ3) is 3.97. The zero-order valence-corrected chi connectivity index (χ0v) is 13.6. The van der Waals surface area contributed by atoms with Gasteiger partial charge >= 0.3 is 6.03 Å². The second-order valence-electron chi connectivity index (χ2n) is 5.37. The predicted octanol–water partition coefficient (Wildman–Crippen LogP) is 2.92. The van der Waals surface area contributed by atoms with Gasteiger partial charge in [-0.25, -0.2) is 4.79 Å². The van der Waals surface area contributed by atoms with Gasteiger partial charge in [0.25, 0.3) is 0 Å². The fourth-order valence-electron chi connectivity index (χ4n) is 2.52. The van der Waals surface area contributed by atoms with Crippen molar-refractivity contribution in [3.05, 3.63) is 53.6 Å². The number of amides is 3. The van der Waals surface area contributed by atoms with Gasteiger partial charge in [-0.15, -0.1) is 0 Å². The first kappa shape index (κ1) is 16.1. The normalized spacial score (nSPS) is 14.0. The summed E-state index contributed by atoms with van der Waals surface area (Å²) in [6.45, 7) is 1.56. The van der Waals surface area contributed by atoms with E-state index in [1.54, 1.807) is 24.3 Å². The summed E-state index contributed by atoms with van der Waals surface area (Å²) in [4.78, 5) is 25.7. The van der Waals surface area contributed by atoms with Crippen molar-refractivity contribution in [2.45, 2.75) is 0 Å². The highest BCUT2D eigenvalue weighted by molar-refractivity contribution is 6.30. The van der Waals surface area contributed by atoms with Gasteiger partial charge in [0.1, 0.15) is 0 Å². The highest BCUT2D eigenvalue weighted by atomic mass is 35.5. The molecule has 7 heteroatoms. The molecular weight excluding hydrogens is 328 g/mol. The molecule has 124 valence electrons. The molecule has 24 heavy (non-hydrogen) atoms. The number of carbonyl (C=O) groups is 2. The van der Waals surface area contributed by atoms with Gasteiger partial charge in [0.05, 0.1) is 17.9 Å². The van der Waals surface area contributed by atoms with Crippen molar-refractivity contribution >= 4 is 40.6 Å². The Morgan fingerprint density at radius 3 is 2.58 bits per heavy atom. The van der Waals surface area contributed by atoms with Crippen molar-refractivity contribution in [3.8, 4) is 0 Å². The summed E-state index contributed by atoms with van der Waals surface area (Å²) in [7, 11) is 0. The number of hydrogen-bond donors (Lipinski definition) is 3. The van der Waals surface area contributed by atoms with E-state index in [-0.39, 0.29) is 18.5 Å². The predicted molar refractivity (Wildman–Crippen MR) is 95.8 cm³/mol. The van der Waals surface area contributed by atoms with Crippen LogP contribution in [0.25, 0.3) is 0 Å². The van der Waals surface area contributed by atoms with Crippen LogP contribution in [0.5, 0.6) is 0 Å². The Hall–Kier alpha value is -2.73. The summed E-state index contributed by atoms with van der Waals surface area (Å²) >= 11 is 5.83. The monoisotopic (exact) mass is 344 g/mol. The van der Waals surface area contributed by atoms with Gasteiger partial charge in [-0.3, -0.25) is 4.79 Å². The Kier molecular flexibility index (Phi) is 4.86. The van der Waals surface area contributed by atoms with Crippen molar-refractivity contribution in [2.24, 2.45) is 0 Å². The van der Waals surface area contributed by atoms with Gasteiger partial charge in [-0.05, 0) is 36.4 Å². The Labute approximate surface area is 144 Å². The minimum atomic E-state index is -0.355. The van der Waals surface area contributed by atoms with E-state index in [2.05, 4.69) is 16.0 Å². The highest BCUT2D eigenvalue weighted by Crippen LogP contribution is 2.26. The van der Waals surface area contributed by atoms with Gasteiger partial charge in [0.2, 0.25) is 5.91 Å². The van der Waals surface area contributed by atoms with Crippen LogP contribution in [0.1, 0.15) is 0 Å². The lowest BCUT2D eigenvalue weighted by Crippen LogP contribution is -2.48. The number of para-hydroxylation sites is 2. The quantitative estimate of drug-likeness (QED) is 0.801. The molecule has 0 bridgehead atoms. The van der Waals surface area contributed by atoms with E-state index in [4.69, 9.17) is 11.6 Å². The fraction of sp³-hybridized carbons (Fsp3) is 0.176. The molecule has 3 rings (SSSR count). The van der Waals surface area contributed by atoms with Crippen LogP contribution in [0.2, 0.25) is 5.02 Å². The summed E-state index contributed by atoms with van der Waals surface area (Å²) in [6, 6.07) is 13.9. The van der Waals surface area contributed by atoms with Crippen molar-refractivity contribution in [1.29, 1.82) is 0 Å². The number of nitrogens with one attached hydrogen (secondary N) is 3. The number of benzene rings is 2. The number of carbonyl (C=O) groups excluding carboxylic acids is 2. The molecule has 3 amide bonds. The zero-order valence-electron chi connectivity index (χ0n) is 12.9. The fourth-order valence-corrected chi connectivity index (χ4v) is 2.64. The van der Waals surface area contributed by atoms with Crippen LogP contribution >= 0.6 is 11.6 Å². The van der Waals surface area contributed by atoms with Crippen molar-refractivity contribution in [3.63, 3.8) is 0 Å². The summed E-state index contributed by atoms with van der Waals surface area (Å²) in [5.74, 6) is -0.0262. The smallest absolute Gasteiger partial charge is 0.323 e. The average molecular weight is 345 g/mol. The molecule has 1 aliphatic rings. The van der Waals surface area contributed by atoms with Crippen LogP contribution in [0.15, 0.2) is 48.5 Å². The number of piperazine rings is 1. The number of halogens is 1. The second kappa shape index (κ2) is 7.23. The molecule has 1 heterocycles. The first-order chi connectivity index (χ1) is 11.6. The van der Waals surface area contributed by atoms with Crippen LogP contribution < -0.4 is 20.9 Å². The van der Waals surface area contributed by atoms with E-state index < -0.39 is 0 Å². The Balaban J connectivity index is 1.71. The van der Waals surface area contributed by atoms with Crippen LogP contribution in [0, 0.1) is 0 Å². The summed E-state index contributed by atoms with van der Waals surface area (Å²) < 4.78 is 0. The third-order valence-corrected chi connectivity index (χ3v) is 3.89. The largest absolute Gasteiger partial charge is 0.359 e. The number of rotatable bonds is 3. The van der Waals surface area contributed by atoms with Crippen LogP contribution in [0.3, 0.4) is 0 Å². The summed E-state index contributed by atoms with van der Waals surface area (Å²) in [5.41, 5.74) is 2.11. The van der Waals surface area contributed by atoms with E-state index in [0.717, 1.165) is 5.69 Å². The Morgan fingerprint density at radius 2 is 1.83 bits per heavy atom. The highest BCUT2D eigenvalue weighted by Gasteiger charge is 2.19. The Morgan fingerprint density at radius 1 is 1.08 bits per heavy atom. The van der Waals surface area contributed by atoms with Crippen LogP contribution in [-0.2, 0) is 4.79 Å². The zero-order chi connectivity index (χ0) is 16.9. The molecule has 1 fully saturated rings. The molecule has 0 unspecified atom stereocenters. The van der Waals surface area contributed by atoms with Gasteiger partial charge in [-0.1, -0.05) is 23.7 Å². The minimum absolute atomic E-state index is 0.0262. The van der Waals surface area contributed by atoms with Crippen molar-refractivity contribution < 1.29 is 9.59 Å². The first-order valence-electron chi connectivity index (χ1n) is 7.56. The van der Waals surface area contributed by atoms with E-state index in [1.165, 1.54) is 0 Å². The van der Waals surface area contributed by atoms with Gasteiger partial charge in [-0.2, -0.15) is 0 Å². The van der Waals surface area contributed by atoms with Crippen molar-refractivity contribution in [1.82, 2.24) is 5.32 Å². The maximum atomic E-state index is 12.2. The van der Waals surface area contributed by atoms with Crippen molar-refractivity contribution in [2.75, 3.05) is 35.2 Å². The molecule has 0 saturated carbocycles. The van der Waals surface area contributed by atoms with E-state index in [0.29, 0.717) is 29.5 Å². The third-order valence-electron chi connectivity index (χ3n) is 3.63. The van der Waals surface area contributed by atoms with Gasteiger partial charge in [0.15, 0.2) is 0 Å². The molecule has 0 spiro atoms. The molecular formula is C17H17ClN4O2. The average Bonchev–Trinajstić information content (AvgIpc) is 2.57. The summed E-state index contributed by atoms with van der Waals surface area (Å²) in [6.07, 6.45) is 0. The number of urea groups is 1. The van der Waals surface area contributed by atoms with Crippen LogP contribution in [-0.4, -0.2) is 31.6 Å². The van der Waals surface area contributed by atoms with E-state index >= 15 is 0 Å². The first-order valence-corrected chi connectivity index (χ1v) is 7.94. The van der Waals surface area contributed by atoms with E-state index in [1.807, 2.05) is 29.2 Å². The van der Waals surface area contributed by atoms with Gasteiger partial charge in [0, 0.05) is 23.8 Å². The summed E-state index contributed by atoms with van der Waals surface area (Å²) in [5, 5.41) is 8.97. The molecule has 2 aromatic carbocycles. The molecule has 3 N–H and O–H groups in total. The molecule has 2 aromatic rings. The second-order valence-corrected chi connectivity index (χ2v) is 5.81. The molecule has 0 atom stereocenters. The van der Waals surface area contributed by atoms with E-state index in [9.17, 15) is 9.59 Å². The molecule has 1 saturated heterocycles. The molecule has 0 aromatic heterocycles. The number of nitrogens with zero attached hydrogens (tertiary/aromatic N) is 1. The standard InChI is InChI=1S/C17H17ClN4O2/c18-12-5-7-13(8-6-12)20-17(24)21-14-3-1-2-4-15(14)22-10-9-19-16(23)11-22/h1-8H,9-11H2,(H,19,23)(H2,20,21,24). The van der Waals surface area contributed by atoms with Gasteiger partial charge < -0.3 is 20.9 Å². The maximum Gasteiger partial charge on any atom is 0.323 e.